The van der Waals surface area contributed by atoms with E-state index in [4.69, 9.17) is 4.74 Å². The summed E-state index contributed by atoms with van der Waals surface area (Å²) in [7, 11) is 1.61. The SMILES string of the molecule is CCN(c1cccc(CN(C(=O)C(CC(C)C)N(C)C(=O)OC(C)(C)C)c2ccc(F)cc2)c1)C1CC1. The molecule has 0 N–H and O–H groups in total. The van der Waals surface area contributed by atoms with Gasteiger partial charge in [-0.1, -0.05) is 26.0 Å². The zero-order valence-corrected chi connectivity index (χ0v) is 23.3. The summed E-state index contributed by atoms with van der Waals surface area (Å²) in [4.78, 5) is 32.5. The second-order valence-electron chi connectivity index (χ2n) is 11.3. The minimum absolute atomic E-state index is 0.161. The first-order valence-electron chi connectivity index (χ1n) is 13.3. The largest absolute Gasteiger partial charge is 0.444 e. The second-order valence-corrected chi connectivity index (χ2v) is 11.3. The summed E-state index contributed by atoms with van der Waals surface area (Å²) in [6.07, 6.45) is 2.33. The molecule has 1 aliphatic rings. The maximum Gasteiger partial charge on any atom is 0.410 e. The van der Waals surface area contributed by atoms with Gasteiger partial charge in [0, 0.05) is 31.0 Å². The van der Waals surface area contributed by atoms with E-state index in [1.165, 1.54) is 29.9 Å². The molecule has 1 unspecified atom stereocenters. The van der Waals surface area contributed by atoms with Crippen LogP contribution in [0.3, 0.4) is 0 Å². The predicted molar refractivity (Wildman–Crippen MR) is 147 cm³/mol. The van der Waals surface area contributed by atoms with Crippen molar-refractivity contribution in [3.63, 3.8) is 0 Å². The van der Waals surface area contributed by atoms with Crippen LogP contribution in [-0.4, -0.2) is 48.2 Å². The van der Waals surface area contributed by atoms with Crippen molar-refractivity contribution in [1.29, 1.82) is 0 Å². The highest BCUT2D eigenvalue weighted by molar-refractivity contribution is 5.98. The molecule has 3 rings (SSSR count). The molecule has 6 nitrogen and oxygen atoms in total. The van der Waals surface area contributed by atoms with Gasteiger partial charge in [-0.25, -0.2) is 9.18 Å². The Morgan fingerprint density at radius 1 is 1.05 bits per heavy atom. The molecule has 202 valence electrons. The van der Waals surface area contributed by atoms with Crippen LogP contribution in [0.5, 0.6) is 0 Å². The number of amides is 2. The van der Waals surface area contributed by atoms with Gasteiger partial charge in [-0.05, 0) is 94.8 Å². The molecular formula is C30H42FN3O3. The normalized spacial score (nSPS) is 14.3. The van der Waals surface area contributed by atoms with E-state index in [1.807, 2.05) is 26.0 Å². The average Bonchev–Trinajstić information content (AvgIpc) is 3.66. The summed E-state index contributed by atoms with van der Waals surface area (Å²) in [5, 5.41) is 0. The maximum atomic E-state index is 14.1. The van der Waals surface area contributed by atoms with E-state index in [2.05, 4.69) is 24.0 Å². The van der Waals surface area contributed by atoms with Gasteiger partial charge in [-0.3, -0.25) is 9.69 Å². The highest BCUT2D eigenvalue weighted by Gasteiger charge is 2.34. The molecule has 0 spiro atoms. The molecule has 7 heteroatoms. The molecule has 2 amide bonds. The Hall–Kier alpha value is -3.09. The lowest BCUT2D eigenvalue weighted by molar-refractivity contribution is -0.124. The third-order valence-electron chi connectivity index (χ3n) is 6.44. The van der Waals surface area contributed by atoms with E-state index >= 15 is 0 Å². The summed E-state index contributed by atoms with van der Waals surface area (Å²) in [5.74, 6) is -0.437. The number of halogens is 1. The third-order valence-corrected chi connectivity index (χ3v) is 6.44. The number of benzene rings is 2. The summed E-state index contributed by atoms with van der Waals surface area (Å²) in [6, 6.07) is 14.0. The lowest BCUT2D eigenvalue weighted by Gasteiger charge is -2.34. The summed E-state index contributed by atoms with van der Waals surface area (Å²) >= 11 is 0. The maximum absolute atomic E-state index is 14.1. The molecule has 1 aliphatic carbocycles. The van der Waals surface area contributed by atoms with Crippen LogP contribution in [0.4, 0.5) is 20.6 Å². The molecule has 0 radical (unpaired) electrons. The van der Waals surface area contributed by atoms with Crippen LogP contribution in [0.15, 0.2) is 48.5 Å². The fraction of sp³-hybridized carbons (Fsp3) is 0.533. The minimum Gasteiger partial charge on any atom is -0.444 e. The highest BCUT2D eigenvalue weighted by atomic mass is 19.1. The third kappa shape index (κ3) is 7.94. The quantitative estimate of drug-likeness (QED) is 0.359. The van der Waals surface area contributed by atoms with Gasteiger partial charge in [0.15, 0.2) is 0 Å². The van der Waals surface area contributed by atoms with Gasteiger partial charge in [-0.2, -0.15) is 0 Å². The summed E-state index contributed by atoms with van der Waals surface area (Å²) in [6.45, 7) is 12.8. The second kappa shape index (κ2) is 12.0. The summed E-state index contributed by atoms with van der Waals surface area (Å²) < 4.78 is 19.4. The van der Waals surface area contributed by atoms with E-state index in [0.29, 0.717) is 24.7 Å². The number of likely N-dealkylation sites (N-methyl/N-ethyl adjacent to an activating group) is 1. The Balaban J connectivity index is 1.95. The van der Waals surface area contributed by atoms with Crippen LogP contribution < -0.4 is 9.80 Å². The number of ether oxygens (including phenoxy) is 1. The fourth-order valence-corrected chi connectivity index (χ4v) is 4.48. The van der Waals surface area contributed by atoms with Gasteiger partial charge in [0.2, 0.25) is 5.91 Å². The number of hydrogen-bond acceptors (Lipinski definition) is 4. The Morgan fingerprint density at radius 3 is 2.24 bits per heavy atom. The van der Waals surface area contributed by atoms with Gasteiger partial charge < -0.3 is 14.5 Å². The predicted octanol–water partition coefficient (Wildman–Crippen LogP) is 6.63. The first-order valence-corrected chi connectivity index (χ1v) is 13.3. The molecule has 0 aliphatic heterocycles. The van der Waals surface area contributed by atoms with E-state index in [1.54, 1.807) is 44.9 Å². The van der Waals surface area contributed by atoms with Crippen LogP contribution in [0.25, 0.3) is 0 Å². The first-order chi connectivity index (χ1) is 17.4. The van der Waals surface area contributed by atoms with Crippen LogP contribution in [0.1, 0.15) is 66.4 Å². The fourth-order valence-electron chi connectivity index (χ4n) is 4.48. The Labute approximate surface area is 221 Å². The van der Waals surface area contributed by atoms with Crippen LogP contribution in [0.2, 0.25) is 0 Å². The zero-order valence-electron chi connectivity index (χ0n) is 23.3. The van der Waals surface area contributed by atoms with Crippen molar-refractivity contribution in [1.82, 2.24) is 4.90 Å². The molecule has 0 saturated heterocycles. The van der Waals surface area contributed by atoms with Gasteiger partial charge in [0.05, 0.1) is 6.54 Å². The van der Waals surface area contributed by atoms with Crippen LogP contribution in [-0.2, 0) is 16.1 Å². The van der Waals surface area contributed by atoms with Crippen molar-refractivity contribution in [2.45, 2.75) is 85.0 Å². The van der Waals surface area contributed by atoms with Gasteiger partial charge >= 0.3 is 6.09 Å². The van der Waals surface area contributed by atoms with Gasteiger partial charge in [0.1, 0.15) is 17.5 Å². The Kier molecular flexibility index (Phi) is 9.21. The molecule has 0 bridgehead atoms. The van der Waals surface area contributed by atoms with Crippen molar-refractivity contribution < 1.29 is 18.7 Å². The topological polar surface area (TPSA) is 53.1 Å². The number of hydrogen-bond donors (Lipinski definition) is 0. The molecular weight excluding hydrogens is 469 g/mol. The van der Waals surface area contributed by atoms with Gasteiger partial charge in [-0.15, -0.1) is 0 Å². The van der Waals surface area contributed by atoms with Crippen molar-refractivity contribution >= 4 is 23.4 Å². The lowest BCUT2D eigenvalue weighted by Crippen LogP contribution is -2.51. The average molecular weight is 512 g/mol. The lowest BCUT2D eigenvalue weighted by atomic mass is 10.0. The van der Waals surface area contributed by atoms with Crippen molar-refractivity contribution in [3.8, 4) is 0 Å². The molecule has 1 fully saturated rings. The Bertz CT molecular complexity index is 1060. The minimum atomic E-state index is -0.735. The first kappa shape index (κ1) is 28.5. The van der Waals surface area contributed by atoms with E-state index < -0.39 is 17.7 Å². The molecule has 2 aromatic rings. The zero-order chi connectivity index (χ0) is 27.3. The molecule has 1 saturated carbocycles. The number of rotatable bonds is 10. The number of nitrogens with zero attached hydrogens (tertiary/aromatic N) is 3. The van der Waals surface area contributed by atoms with Crippen molar-refractivity contribution in [2.75, 3.05) is 23.4 Å². The number of carbonyl (C=O) groups is 2. The number of anilines is 2. The van der Waals surface area contributed by atoms with E-state index in [-0.39, 0.29) is 17.6 Å². The monoisotopic (exact) mass is 511 g/mol. The Morgan fingerprint density at radius 2 is 1.70 bits per heavy atom. The van der Waals surface area contributed by atoms with E-state index in [0.717, 1.165) is 17.8 Å². The highest BCUT2D eigenvalue weighted by Crippen LogP contribution is 2.32. The summed E-state index contributed by atoms with van der Waals surface area (Å²) in [5.41, 5.74) is 2.01. The van der Waals surface area contributed by atoms with Crippen molar-refractivity contribution in [2.24, 2.45) is 5.92 Å². The molecule has 0 heterocycles. The van der Waals surface area contributed by atoms with Gasteiger partial charge in [0.25, 0.3) is 0 Å². The van der Waals surface area contributed by atoms with Crippen molar-refractivity contribution in [3.05, 3.63) is 59.9 Å². The smallest absolute Gasteiger partial charge is 0.410 e. The standard InChI is InChI=1S/C30H42FN3O3/c1-8-33(24-16-17-24)26-11-9-10-22(19-26)20-34(25-14-12-23(31)13-15-25)28(35)27(18-21(2)3)32(7)29(36)37-30(4,5)6/h9-15,19,21,24,27H,8,16-18,20H2,1-7H3. The molecule has 1 atom stereocenters. The van der Waals surface area contributed by atoms with E-state index in [9.17, 15) is 14.0 Å². The van der Waals surface area contributed by atoms with Crippen LogP contribution in [0, 0.1) is 11.7 Å². The molecule has 2 aromatic carbocycles. The van der Waals surface area contributed by atoms with Crippen LogP contribution >= 0.6 is 0 Å². The molecule has 37 heavy (non-hydrogen) atoms. The molecule has 0 aromatic heterocycles. The number of carbonyl (C=O) groups excluding carboxylic acids is 2.